The number of nitrogens with two attached hydrogens (primary N) is 1. The zero-order valence-electron chi connectivity index (χ0n) is 12.7. The lowest BCUT2D eigenvalue weighted by atomic mass is 9.96. The zero-order chi connectivity index (χ0) is 14.7. The quantitative estimate of drug-likeness (QED) is 0.835. The number of hydrogen-bond acceptors (Lipinski definition) is 3. The molecule has 1 aromatic heterocycles. The summed E-state index contributed by atoms with van der Waals surface area (Å²) in [6, 6.07) is 2.69. The first-order chi connectivity index (χ1) is 10.2. The summed E-state index contributed by atoms with van der Waals surface area (Å²) in [6.45, 7) is 0. The lowest BCUT2D eigenvalue weighted by Gasteiger charge is -2.23. The summed E-state index contributed by atoms with van der Waals surface area (Å²) < 4.78 is 0. The Labute approximate surface area is 132 Å². The number of hydrogen-bond donors (Lipinski definition) is 2. The molecule has 3 nitrogen and oxygen atoms in total. The van der Waals surface area contributed by atoms with Crippen LogP contribution in [0.25, 0.3) is 0 Å². The van der Waals surface area contributed by atoms with E-state index in [0.717, 1.165) is 24.2 Å². The molecule has 0 saturated heterocycles. The van der Waals surface area contributed by atoms with Crippen LogP contribution in [0, 0.1) is 0 Å². The third-order valence-corrected chi connectivity index (χ3v) is 4.98. The summed E-state index contributed by atoms with van der Waals surface area (Å²) in [7, 11) is 0. The molecule has 3 N–H and O–H groups in total. The standard InChI is InChI=1S/C17H25N3S/c18-16(21)14-11-12-7-6-10-15(12)20-17(14)19-13-8-4-2-1-3-5-9-13/h11,13H,1-10H2,(H2,18,21)(H,19,20). The minimum atomic E-state index is 0.463. The molecule has 3 rings (SSSR count). The van der Waals surface area contributed by atoms with E-state index < -0.39 is 0 Å². The van der Waals surface area contributed by atoms with Crippen LogP contribution in [0.3, 0.4) is 0 Å². The fraction of sp³-hybridized carbons (Fsp3) is 0.647. The number of aryl methyl sites for hydroxylation is 2. The fourth-order valence-electron chi connectivity index (χ4n) is 3.56. The highest BCUT2D eigenvalue weighted by Gasteiger charge is 2.20. The molecule has 0 atom stereocenters. The third kappa shape index (κ3) is 3.54. The Morgan fingerprint density at radius 3 is 2.52 bits per heavy atom. The van der Waals surface area contributed by atoms with Gasteiger partial charge in [-0.15, -0.1) is 0 Å². The molecular formula is C17H25N3S. The second-order valence-corrected chi connectivity index (χ2v) is 6.83. The van der Waals surface area contributed by atoms with Crippen molar-refractivity contribution in [1.29, 1.82) is 0 Å². The number of pyridine rings is 1. The van der Waals surface area contributed by atoms with Crippen molar-refractivity contribution in [2.24, 2.45) is 5.73 Å². The molecule has 1 aromatic rings. The molecule has 0 spiro atoms. The first kappa shape index (κ1) is 14.8. The number of rotatable bonds is 3. The number of fused-ring (bicyclic) bond motifs is 1. The summed E-state index contributed by atoms with van der Waals surface area (Å²) in [5, 5.41) is 3.65. The van der Waals surface area contributed by atoms with Gasteiger partial charge in [-0.05, 0) is 43.7 Å². The Kier molecular flexibility index (Phi) is 4.73. The van der Waals surface area contributed by atoms with Gasteiger partial charge in [0.05, 0.1) is 5.56 Å². The molecule has 0 bridgehead atoms. The summed E-state index contributed by atoms with van der Waals surface area (Å²) in [6.07, 6.45) is 12.6. The van der Waals surface area contributed by atoms with Gasteiger partial charge in [-0.2, -0.15) is 0 Å². The van der Waals surface area contributed by atoms with E-state index in [2.05, 4.69) is 11.4 Å². The highest BCUT2D eigenvalue weighted by atomic mass is 32.1. The molecule has 0 unspecified atom stereocenters. The van der Waals surface area contributed by atoms with Gasteiger partial charge in [-0.25, -0.2) is 4.98 Å². The Morgan fingerprint density at radius 1 is 1.10 bits per heavy atom. The van der Waals surface area contributed by atoms with Crippen LogP contribution in [-0.2, 0) is 12.8 Å². The van der Waals surface area contributed by atoms with Crippen molar-refractivity contribution in [2.45, 2.75) is 70.3 Å². The molecule has 4 heteroatoms. The van der Waals surface area contributed by atoms with Crippen LogP contribution in [-0.4, -0.2) is 16.0 Å². The summed E-state index contributed by atoms with van der Waals surface area (Å²) >= 11 is 5.23. The largest absolute Gasteiger partial charge is 0.389 e. The Bertz CT molecular complexity index is 519. The van der Waals surface area contributed by atoms with Crippen LogP contribution in [0.15, 0.2) is 6.07 Å². The average Bonchev–Trinajstić information content (AvgIpc) is 2.87. The smallest absolute Gasteiger partial charge is 0.136 e. The van der Waals surface area contributed by atoms with Crippen molar-refractivity contribution < 1.29 is 0 Å². The number of aromatic nitrogens is 1. The van der Waals surface area contributed by atoms with E-state index in [0.29, 0.717) is 11.0 Å². The van der Waals surface area contributed by atoms with Gasteiger partial charge in [0.15, 0.2) is 0 Å². The Balaban J connectivity index is 1.81. The SMILES string of the molecule is NC(=S)c1cc2c(nc1NC1CCCCCCC1)CCC2. The van der Waals surface area contributed by atoms with Crippen LogP contribution in [0.5, 0.6) is 0 Å². The van der Waals surface area contributed by atoms with Crippen LogP contribution < -0.4 is 11.1 Å². The van der Waals surface area contributed by atoms with E-state index >= 15 is 0 Å². The lowest BCUT2D eigenvalue weighted by molar-refractivity contribution is 0.470. The molecule has 2 aliphatic rings. The van der Waals surface area contributed by atoms with Crippen LogP contribution in [0.2, 0.25) is 0 Å². The minimum absolute atomic E-state index is 0.463. The predicted molar refractivity (Wildman–Crippen MR) is 91.9 cm³/mol. The fourth-order valence-corrected chi connectivity index (χ4v) is 3.72. The lowest BCUT2D eigenvalue weighted by Crippen LogP contribution is -2.24. The van der Waals surface area contributed by atoms with E-state index in [9.17, 15) is 0 Å². The molecule has 114 valence electrons. The van der Waals surface area contributed by atoms with E-state index in [1.165, 1.54) is 62.6 Å². The molecule has 1 heterocycles. The number of thiocarbonyl (C=S) groups is 1. The van der Waals surface area contributed by atoms with E-state index in [4.69, 9.17) is 22.9 Å². The van der Waals surface area contributed by atoms with Crippen molar-refractivity contribution in [3.05, 3.63) is 22.9 Å². The second kappa shape index (κ2) is 6.73. The maximum atomic E-state index is 5.92. The minimum Gasteiger partial charge on any atom is -0.389 e. The maximum Gasteiger partial charge on any atom is 0.136 e. The highest BCUT2D eigenvalue weighted by Crippen LogP contribution is 2.27. The third-order valence-electron chi connectivity index (χ3n) is 4.76. The molecule has 0 aromatic carbocycles. The maximum absolute atomic E-state index is 5.92. The molecule has 0 amide bonds. The van der Waals surface area contributed by atoms with Gasteiger partial charge in [0.2, 0.25) is 0 Å². The van der Waals surface area contributed by atoms with Crippen molar-refractivity contribution in [2.75, 3.05) is 5.32 Å². The molecular weight excluding hydrogens is 278 g/mol. The zero-order valence-corrected chi connectivity index (χ0v) is 13.5. The Hall–Kier alpha value is -1.16. The normalized spacial score (nSPS) is 19.6. The first-order valence-electron chi connectivity index (χ1n) is 8.33. The monoisotopic (exact) mass is 303 g/mol. The second-order valence-electron chi connectivity index (χ2n) is 6.39. The molecule has 1 fully saturated rings. The molecule has 0 aliphatic heterocycles. The van der Waals surface area contributed by atoms with Crippen LogP contribution in [0.1, 0.15) is 68.2 Å². The van der Waals surface area contributed by atoms with Crippen molar-refractivity contribution in [3.8, 4) is 0 Å². The van der Waals surface area contributed by atoms with Crippen LogP contribution >= 0.6 is 12.2 Å². The molecule has 0 radical (unpaired) electrons. The van der Waals surface area contributed by atoms with Crippen molar-refractivity contribution in [3.63, 3.8) is 0 Å². The van der Waals surface area contributed by atoms with Gasteiger partial charge >= 0.3 is 0 Å². The summed E-state index contributed by atoms with van der Waals surface area (Å²) in [4.78, 5) is 5.31. The molecule has 21 heavy (non-hydrogen) atoms. The summed E-state index contributed by atoms with van der Waals surface area (Å²) in [5.74, 6) is 0.925. The molecule has 1 saturated carbocycles. The first-order valence-corrected chi connectivity index (χ1v) is 8.74. The Morgan fingerprint density at radius 2 is 1.81 bits per heavy atom. The van der Waals surface area contributed by atoms with Crippen molar-refractivity contribution >= 4 is 23.0 Å². The van der Waals surface area contributed by atoms with Gasteiger partial charge in [0.1, 0.15) is 10.8 Å². The number of nitrogens with one attached hydrogen (secondary N) is 1. The van der Waals surface area contributed by atoms with Crippen molar-refractivity contribution in [1.82, 2.24) is 4.98 Å². The van der Waals surface area contributed by atoms with Gasteiger partial charge in [0, 0.05) is 11.7 Å². The van der Waals surface area contributed by atoms with E-state index in [-0.39, 0.29) is 0 Å². The summed E-state index contributed by atoms with van der Waals surface area (Å²) in [5.41, 5.74) is 9.43. The molecule has 2 aliphatic carbocycles. The average molecular weight is 303 g/mol. The topological polar surface area (TPSA) is 50.9 Å². The van der Waals surface area contributed by atoms with Crippen LogP contribution in [0.4, 0.5) is 5.82 Å². The van der Waals surface area contributed by atoms with E-state index in [1.807, 2.05) is 0 Å². The van der Waals surface area contributed by atoms with Gasteiger partial charge < -0.3 is 11.1 Å². The predicted octanol–water partition coefficient (Wildman–Crippen LogP) is 3.73. The highest BCUT2D eigenvalue weighted by molar-refractivity contribution is 7.80. The number of nitrogens with zero attached hydrogens (tertiary/aromatic N) is 1. The van der Waals surface area contributed by atoms with E-state index in [1.54, 1.807) is 0 Å². The van der Waals surface area contributed by atoms with Gasteiger partial charge in [-0.3, -0.25) is 0 Å². The number of anilines is 1. The van der Waals surface area contributed by atoms with Gasteiger partial charge in [0.25, 0.3) is 0 Å². The van der Waals surface area contributed by atoms with Gasteiger partial charge in [-0.1, -0.05) is 44.3 Å².